The molecular formula is C14H12BF3O2S. The molecular weight excluding hydrogens is 300 g/mol. The minimum absolute atomic E-state index is 0.165. The van der Waals surface area contributed by atoms with Crippen molar-refractivity contribution in [2.75, 3.05) is 6.26 Å². The normalized spacial score (nSPS) is 11.5. The van der Waals surface area contributed by atoms with Crippen molar-refractivity contribution in [1.29, 1.82) is 0 Å². The van der Waals surface area contributed by atoms with Crippen molar-refractivity contribution >= 4 is 24.3 Å². The van der Waals surface area contributed by atoms with E-state index in [4.69, 9.17) is 0 Å². The van der Waals surface area contributed by atoms with Crippen LogP contribution in [-0.2, 0) is 6.18 Å². The van der Waals surface area contributed by atoms with E-state index in [0.717, 1.165) is 17.0 Å². The summed E-state index contributed by atoms with van der Waals surface area (Å²) in [6.45, 7) is 0. The third-order valence-electron chi connectivity index (χ3n) is 3.06. The van der Waals surface area contributed by atoms with Crippen LogP contribution in [0, 0.1) is 0 Å². The van der Waals surface area contributed by atoms with E-state index < -0.39 is 18.9 Å². The van der Waals surface area contributed by atoms with E-state index >= 15 is 0 Å². The van der Waals surface area contributed by atoms with Gasteiger partial charge in [0, 0.05) is 4.90 Å². The quantitative estimate of drug-likeness (QED) is 0.676. The molecule has 2 aromatic rings. The van der Waals surface area contributed by atoms with Crippen LogP contribution in [-0.4, -0.2) is 23.4 Å². The molecule has 2 N–H and O–H groups in total. The van der Waals surface area contributed by atoms with Gasteiger partial charge in [0.2, 0.25) is 0 Å². The molecule has 0 saturated carbocycles. The van der Waals surface area contributed by atoms with Crippen molar-refractivity contribution in [2.24, 2.45) is 0 Å². The van der Waals surface area contributed by atoms with Crippen LogP contribution < -0.4 is 5.46 Å². The molecule has 2 rings (SSSR count). The van der Waals surface area contributed by atoms with E-state index in [2.05, 4.69) is 0 Å². The summed E-state index contributed by atoms with van der Waals surface area (Å²) in [5.41, 5.74) is -0.0768. The molecule has 0 aliphatic heterocycles. The maximum Gasteiger partial charge on any atom is 0.489 e. The van der Waals surface area contributed by atoms with Crippen LogP contribution in [0.15, 0.2) is 47.4 Å². The predicted molar refractivity (Wildman–Crippen MR) is 78.5 cm³/mol. The zero-order valence-electron chi connectivity index (χ0n) is 11.1. The zero-order chi connectivity index (χ0) is 15.6. The molecule has 0 unspecified atom stereocenters. The van der Waals surface area contributed by atoms with E-state index in [1.165, 1.54) is 6.07 Å². The Morgan fingerprint density at radius 2 is 1.62 bits per heavy atom. The Morgan fingerprint density at radius 1 is 1.00 bits per heavy atom. The standard InChI is InChI=1S/C14H12BF3O2S/c1-21-11-5-2-9(3-6-11)12-7-4-10(14(16,17)18)8-13(12)15(19)20/h2-8,19-20H,1H3. The predicted octanol–water partition coefficient (Wildman–Crippen LogP) is 2.77. The number of hydrogen-bond acceptors (Lipinski definition) is 3. The van der Waals surface area contributed by atoms with Gasteiger partial charge in [-0.2, -0.15) is 13.2 Å². The highest BCUT2D eigenvalue weighted by molar-refractivity contribution is 7.98. The Hall–Kier alpha value is -1.44. The largest absolute Gasteiger partial charge is 0.489 e. The lowest BCUT2D eigenvalue weighted by atomic mass is 9.74. The molecule has 2 aromatic carbocycles. The number of hydrogen-bond donors (Lipinski definition) is 2. The summed E-state index contributed by atoms with van der Waals surface area (Å²) in [7, 11) is -1.97. The summed E-state index contributed by atoms with van der Waals surface area (Å²) >= 11 is 1.54. The van der Waals surface area contributed by atoms with Gasteiger partial charge in [-0.1, -0.05) is 18.2 Å². The van der Waals surface area contributed by atoms with Gasteiger partial charge in [0.15, 0.2) is 0 Å². The summed E-state index contributed by atoms with van der Waals surface area (Å²) in [5, 5.41) is 18.7. The third kappa shape index (κ3) is 3.61. The molecule has 0 aromatic heterocycles. The van der Waals surface area contributed by atoms with Crippen molar-refractivity contribution < 1.29 is 23.2 Å². The fourth-order valence-electron chi connectivity index (χ4n) is 1.99. The molecule has 0 spiro atoms. The zero-order valence-corrected chi connectivity index (χ0v) is 11.9. The van der Waals surface area contributed by atoms with Crippen molar-refractivity contribution in [1.82, 2.24) is 0 Å². The smallest absolute Gasteiger partial charge is 0.423 e. The first-order chi connectivity index (χ1) is 9.82. The van der Waals surface area contributed by atoms with Gasteiger partial charge in [-0.05, 0) is 47.1 Å². The first-order valence-electron chi connectivity index (χ1n) is 6.04. The third-order valence-corrected chi connectivity index (χ3v) is 3.80. The van der Waals surface area contributed by atoms with Gasteiger partial charge in [-0.3, -0.25) is 0 Å². The van der Waals surface area contributed by atoms with Crippen LogP contribution in [0.5, 0.6) is 0 Å². The highest BCUT2D eigenvalue weighted by atomic mass is 32.2. The number of benzene rings is 2. The fourth-order valence-corrected chi connectivity index (χ4v) is 2.39. The second-order valence-corrected chi connectivity index (χ2v) is 5.28. The summed E-state index contributed by atoms with van der Waals surface area (Å²) < 4.78 is 38.1. The lowest BCUT2D eigenvalue weighted by molar-refractivity contribution is -0.137. The second kappa shape index (κ2) is 6.13. The highest BCUT2D eigenvalue weighted by Crippen LogP contribution is 2.30. The molecule has 0 atom stereocenters. The molecule has 0 heterocycles. The topological polar surface area (TPSA) is 40.5 Å². The van der Waals surface area contributed by atoms with E-state index in [1.807, 2.05) is 18.4 Å². The van der Waals surface area contributed by atoms with Crippen LogP contribution in [0.4, 0.5) is 13.2 Å². The Morgan fingerprint density at radius 3 is 2.10 bits per heavy atom. The monoisotopic (exact) mass is 312 g/mol. The number of alkyl halides is 3. The van der Waals surface area contributed by atoms with Gasteiger partial charge in [0.05, 0.1) is 5.56 Å². The molecule has 21 heavy (non-hydrogen) atoms. The van der Waals surface area contributed by atoms with Gasteiger partial charge in [0.1, 0.15) is 0 Å². The summed E-state index contributed by atoms with van der Waals surface area (Å²) in [4.78, 5) is 1.01. The van der Waals surface area contributed by atoms with E-state index in [0.29, 0.717) is 11.1 Å². The molecule has 0 saturated heterocycles. The number of halogens is 3. The van der Waals surface area contributed by atoms with E-state index in [-0.39, 0.29) is 5.46 Å². The van der Waals surface area contributed by atoms with Gasteiger partial charge >= 0.3 is 13.3 Å². The van der Waals surface area contributed by atoms with E-state index in [9.17, 15) is 23.2 Å². The lowest BCUT2D eigenvalue weighted by Crippen LogP contribution is -2.32. The van der Waals surface area contributed by atoms with Gasteiger partial charge in [-0.25, -0.2) is 0 Å². The number of rotatable bonds is 3. The molecule has 110 valence electrons. The van der Waals surface area contributed by atoms with Gasteiger partial charge in [-0.15, -0.1) is 11.8 Å². The Balaban J connectivity index is 2.52. The van der Waals surface area contributed by atoms with Crippen LogP contribution in [0.2, 0.25) is 0 Å². The van der Waals surface area contributed by atoms with Gasteiger partial charge in [0.25, 0.3) is 0 Å². The first-order valence-corrected chi connectivity index (χ1v) is 7.27. The lowest BCUT2D eigenvalue weighted by Gasteiger charge is -2.13. The molecule has 0 aliphatic carbocycles. The maximum atomic E-state index is 12.7. The SMILES string of the molecule is CSc1ccc(-c2ccc(C(F)(F)F)cc2B(O)O)cc1. The molecule has 0 radical (unpaired) electrons. The molecule has 0 bridgehead atoms. The average Bonchev–Trinajstić information content (AvgIpc) is 2.45. The van der Waals surface area contributed by atoms with Crippen LogP contribution in [0.25, 0.3) is 11.1 Å². The number of thioether (sulfide) groups is 1. The van der Waals surface area contributed by atoms with Crippen molar-refractivity contribution in [3.63, 3.8) is 0 Å². The van der Waals surface area contributed by atoms with Crippen molar-refractivity contribution in [3.05, 3.63) is 48.0 Å². The molecule has 2 nitrogen and oxygen atoms in total. The highest BCUT2D eigenvalue weighted by Gasteiger charge is 2.32. The molecule has 0 amide bonds. The minimum atomic E-state index is -4.52. The van der Waals surface area contributed by atoms with Crippen LogP contribution in [0.3, 0.4) is 0 Å². The van der Waals surface area contributed by atoms with Gasteiger partial charge < -0.3 is 10.0 Å². The second-order valence-electron chi connectivity index (χ2n) is 4.40. The van der Waals surface area contributed by atoms with Crippen molar-refractivity contribution in [2.45, 2.75) is 11.1 Å². The summed E-state index contributed by atoms with van der Waals surface area (Å²) in [6.07, 6.45) is -2.61. The fraction of sp³-hybridized carbons (Fsp3) is 0.143. The molecule has 7 heteroatoms. The molecule has 0 aliphatic rings. The van der Waals surface area contributed by atoms with Crippen molar-refractivity contribution in [3.8, 4) is 11.1 Å². The Kier molecular flexibility index (Phi) is 4.66. The van der Waals surface area contributed by atoms with E-state index in [1.54, 1.807) is 23.9 Å². The van der Waals surface area contributed by atoms with Crippen LogP contribution in [0.1, 0.15) is 5.56 Å². The van der Waals surface area contributed by atoms with Crippen LogP contribution >= 0.6 is 11.8 Å². The summed E-state index contributed by atoms with van der Waals surface area (Å²) in [6, 6.07) is 10.1. The average molecular weight is 312 g/mol. The Labute approximate surface area is 124 Å². The first kappa shape index (κ1) is 15.9. The minimum Gasteiger partial charge on any atom is -0.423 e. The Bertz CT molecular complexity index is 627. The summed E-state index contributed by atoms with van der Waals surface area (Å²) in [5.74, 6) is 0. The maximum absolute atomic E-state index is 12.7. The molecule has 0 fully saturated rings.